The van der Waals surface area contributed by atoms with Crippen LogP contribution >= 0.6 is 0 Å². The summed E-state index contributed by atoms with van der Waals surface area (Å²) in [6.07, 6.45) is 1.67. The first-order valence-electron chi connectivity index (χ1n) is 6.02. The number of pyridine rings is 1. The van der Waals surface area contributed by atoms with Crippen LogP contribution in [0.3, 0.4) is 0 Å². The Kier molecular flexibility index (Phi) is 3.72. The number of carbonyl (C=O) groups excluding carboxylic acids is 1. The lowest BCUT2D eigenvalue weighted by molar-refractivity contribution is 0.0983. The van der Waals surface area contributed by atoms with E-state index in [0.29, 0.717) is 12.2 Å². The van der Waals surface area contributed by atoms with Crippen molar-refractivity contribution in [2.75, 3.05) is 11.4 Å². The molecule has 1 aromatic carbocycles. The van der Waals surface area contributed by atoms with Crippen LogP contribution in [0.15, 0.2) is 48.7 Å². The standard InChI is InChI=1S/C15H16N2O/c1-3-17(13-7-5-4-6-8-13)15(18)14-11-12(2)9-10-16-14/h4-11H,3H2,1-2H3. The zero-order valence-corrected chi connectivity index (χ0v) is 10.6. The Morgan fingerprint density at radius 3 is 2.56 bits per heavy atom. The molecule has 2 aromatic rings. The van der Waals surface area contributed by atoms with E-state index >= 15 is 0 Å². The second-order valence-corrected chi connectivity index (χ2v) is 4.10. The van der Waals surface area contributed by atoms with E-state index in [1.54, 1.807) is 11.1 Å². The average molecular weight is 240 g/mol. The van der Waals surface area contributed by atoms with E-state index < -0.39 is 0 Å². The van der Waals surface area contributed by atoms with E-state index in [0.717, 1.165) is 11.3 Å². The number of rotatable bonds is 3. The molecule has 0 aliphatic carbocycles. The third-order valence-corrected chi connectivity index (χ3v) is 2.76. The molecule has 0 bridgehead atoms. The molecule has 1 aromatic heterocycles. The number of hydrogen-bond donors (Lipinski definition) is 0. The number of aryl methyl sites for hydroxylation is 1. The SMILES string of the molecule is CCN(C(=O)c1cc(C)ccn1)c1ccccc1. The summed E-state index contributed by atoms with van der Waals surface area (Å²) in [5.74, 6) is -0.0626. The van der Waals surface area contributed by atoms with Gasteiger partial charge in [-0.2, -0.15) is 0 Å². The number of anilines is 1. The maximum absolute atomic E-state index is 12.4. The number of nitrogens with zero attached hydrogens (tertiary/aromatic N) is 2. The van der Waals surface area contributed by atoms with Gasteiger partial charge in [0, 0.05) is 18.4 Å². The summed E-state index contributed by atoms with van der Waals surface area (Å²) in [6, 6.07) is 13.3. The van der Waals surface area contributed by atoms with E-state index in [-0.39, 0.29) is 5.91 Å². The Bertz CT molecular complexity index is 537. The normalized spacial score (nSPS) is 10.1. The summed E-state index contributed by atoms with van der Waals surface area (Å²) < 4.78 is 0. The molecule has 0 N–H and O–H groups in total. The molecule has 0 fully saturated rings. The summed E-state index contributed by atoms with van der Waals surface area (Å²) in [5, 5.41) is 0. The third-order valence-electron chi connectivity index (χ3n) is 2.76. The Morgan fingerprint density at radius 1 is 1.22 bits per heavy atom. The van der Waals surface area contributed by atoms with Gasteiger partial charge in [-0.05, 0) is 43.7 Å². The van der Waals surface area contributed by atoms with E-state index in [1.165, 1.54) is 0 Å². The first-order chi connectivity index (χ1) is 8.72. The molecule has 3 heteroatoms. The van der Waals surface area contributed by atoms with Gasteiger partial charge in [-0.15, -0.1) is 0 Å². The predicted molar refractivity (Wildman–Crippen MR) is 72.8 cm³/mol. The van der Waals surface area contributed by atoms with Crippen molar-refractivity contribution in [1.29, 1.82) is 0 Å². The van der Waals surface area contributed by atoms with Gasteiger partial charge < -0.3 is 4.90 Å². The van der Waals surface area contributed by atoms with Crippen LogP contribution in [0.2, 0.25) is 0 Å². The lowest BCUT2D eigenvalue weighted by Gasteiger charge is -2.20. The Hall–Kier alpha value is -2.16. The van der Waals surface area contributed by atoms with Gasteiger partial charge in [-0.1, -0.05) is 18.2 Å². The van der Waals surface area contributed by atoms with Crippen LogP contribution < -0.4 is 4.90 Å². The van der Waals surface area contributed by atoms with Crippen LogP contribution in [0, 0.1) is 6.92 Å². The van der Waals surface area contributed by atoms with Crippen molar-refractivity contribution in [2.45, 2.75) is 13.8 Å². The molecule has 18 heavy (non-hydrogen) atoms. The second-order valence-electron chi connectivity index (χ2n) is 4.10. The van der Waals surface area contributed by atoms with Gasteiger partial charge in [0.2, 0.25) is 0 Å². The molecule has 1 heterocycles. The molecule has 1 amide bonds. The van der Waals surface area contributed by atoms with Crippen molar-refractivity contribution in [3.05, 3.63) is 59.9 Å². The van der Waals surface area contributed by atoms with Crippen LogP contribution in [0.25, 0.3) is 0 Å². The maximum Gasteiger partial charge on any atom is 0.276 e. The Labute approximate surface area is 107 Å². The fourth-order valence-corrected chi connectivity index (χ4v) is 1.84. The lowest BCUT2D eigenvalue weighted by Crippen LogP contribution is -2.31. The summed E-state index contributed by atoms with van der Waals surface area (Å²) in [7, 11) is 0. The number of benzene rings is 1. The van der Waals surface area contributed by atoms with E-state index in [9.17, 15) is 4.79 Å². The zero-order chi connectivity index (χ0) is 13.0. The topological polar surface area (TPSA) is 33.2 Å². The minimum atomic E-state index is -0.0626. The summed E-state index contributed by atoms with van der Waals surface area (Å²) in [4.78, 5) is 18.3. The molecular weight excluding hydrogens is 224 g/mol. The molecule has 0 aliphatic heterocycles. The molecule has 0 atom stereocenters. The molecule has 0 radical (unpaired) electrons. The molecule has 0 saturated carbocycles. The fourth-order valence-electron chi connectivity index (χ4n) is 1.84. The smallest absolute Gasteiger partial charge is 0.276 e. The fraction of sp³-hybridized carbons (Fsp3) is 0.200. The van der Waals surface area contributed by atoms with Gasteiger partial charge in [0.05, 0.1) is 0 Å². The molecular formula is C15H16N2O. The minimum Gasteiger partial charge on any atom is -0.307 e. The molecule has 0 spiro atoms. The van der Waals surface area contributed by atoms with Gasteiger partial charge in [-0.3, -0.25) is 9.78 Å². The van der Waals surface area contributed by atoms with Crippen molar-refractivity contribution in [3.63, 3.8) is 0 Å². The average Bonchev–Trinajstić information content (AvgIpc) is 2.41. The van der Waals surface area contributed by atoms with E-state index in [4.69, 9.17) is 0 Å². The zero-order valence-electron chi connectivity index (χ0n) is 10.6. The highest BCUT2D eigenvalue weighted by molar-refractivity contribution is 6.04. The number of carbonyl (C=O) groups is 1. The lowest BCUT2D eigenvalue weighted by atomic mass is 10.2. The molecule has 0 saturated heterocycles. The molecule has 3 nitrogen and oxygen atoms in total. The van der Waals surface area contributed by atoms with E-state index in [1.807, 2.05) is 56.3 Å². The van der Waals surface area contributed by atoms with Crippen molar-refractivity contribution in [1.82, 2.24) is 4.98 Å². The monoisotopic (exact) mass is 240 g/mol. The predicted octanol–water partition coefficient (Wildman–Crippen LogP) is 3.06. The summed E-state index contributed by atoms with van der Waals surface area (Å²) >= 11 is 0. The highest BCUT2D eigenvalue weighted by Gasteiger charge is 2.16. The van der Waals surface area contributed by atoms with Gasteiger partial charge in [0.1, 0.15) is 5.69 Å². The van der Waals surface area contributed by atoms with Crippen molar-refractivity contribution in [2.24, 2.45) is 0 Å². The summed E-state index contributed by atoms with van der Waals surface area (Å²) in [5.41, 5.74) is 2.42. The second kappa shape index (κ2) is 5.45. The Morgan fingerprint density at radius 2 is 1.94 bits per heavy atom. The molecule has 92 valence electrons. The molecule has 2 rings (SSSR count). The van der Waals surface area contributed by atoms with Crippen molar-refractivity contribution in [3.8, 4) is 0 Å². The van der Waals surface area contributed by atoms with Crippen molar-refractivity contribution < 1.29 is 4.79 Å². The summed E-state index contributed by atoms with van der Waals surface area (Å²) in [6.45, 7) is 4.54. The largest absolute Gasteiger partial charge is 0.307 e. The van der Waals surface area contributed by atoms with Crippen LogP contribution in [0.1, 0.15) is 23.0 Å². The first-order valence-corrected chi connectivity index (χ1v) is 6.02. The van der Waals surface area contributed by atoms with Crippen LogP contribution in [-0.2, 0) is 0 Å². The van der Waals surface area contributed by atoms with Crippen molar-refractivity contribution >= 4 is 11.6 Å². The molecule has 0 unspecified atom stereocenters. The number of hydrogen-bond acceptors (Lipinski definition) is 2. The number of aromatic nitrogens is 1. The van der Waals surface area contributed by atoms with Gasteiger partial charge in [0.15, 0.2) is 0 Å². The number of amides is 1. The quantitative estimate of drug-likeness (QED) is 0.826. The third kappa shape index (κ3) is 2.56. The van der Waals surface area contributed by atoms with Gasteiger partial charge >= 0.3 is 0 Å². The van der Waals surface area contributed by atoms with Gasteiger partial charge in [-0.25, -0.2) is 0 Å². The highest BCUT2D eigenvalue weighted by atomic mass is 16.2. The maximum atomic E-state index is 12.4. The Balaban J connectivity index is 2.32. The first kappa shape index (κ1) is 12.3. The van der Waals surface area contributed by atoms with E-state index in [2.05, 4.69) is 4.98 Å². The van der Waals surface area contributed by atoms with Crippen LogP contribution in [0.4, 0.5) is 5.69 Å². The highest BCUT2D eigenvalue weighted by Crippen LogP contribution is 2.15. The van der Waals surface area contributed by atoms with Crippen LogP contribution in [-0.4, -0.2) is 17.4 Å². The van der Waals surface area contributed by atoms with Gasteiger partial charge in [0.25, 0.3) is 5.91 Å². The number of para-hydroxylation sites is 1. The minimum absolute atomic E-state index is 0.0626. The molecule has 0 aliphatic rings. The van der Waals surface area contributed by atoms with Crippen LogP contribution in [0.5, 0.6) is 0 Å².